The number of carbonyl (C=O) groups excluding carboxylic acids is 1. The zero-order valence-corrected chi connectivity index (χ0v) is 11.0. The molecule has 0 aliphatic carbocycles. The fourth-order valence-electron chi connectivity index (χ4n) is 1.83. The molecular weight excluding hydrogens is 234 g/mol. The summed E-state index contributed by atoms with van der Waals surface area (Å²) < 4.78 is 1.88. The smallest absolute Gasteiger partial charge is 0.180 e. The van der Waals surface area contributed by atoms with Gasteiger partial charge in [0.25, 0.3) is 0 Å². The van der Waals surface area contributed by atoms with Gasteiger partial charge in [0.15, 0.2) is 5.78 Å². The first-order chi connectivity index (χ1) is 8.11. The van der Waals surface area contributed by atoms with E-state index in [0.29, 0.717) is 6.42 Å². The number of ketones is 1. The van der Waals surface area contributed by atoms with E-state index < -0.39 is 0 Å². The average Bonchev–Trinajstić information content (AvgIpc) is 2.84. The van der Waals surface area contributed by atoms with Crippen LogP contribution in [0.3, 0.4) is 0 Å². The first-order valence-electron chi connectivity index (χ1n) is 5.58. The molecule has 5 heteroatoms. The number of thiazole rings is 1. The van der Waals surface area contributed by atoms with Crippen LogP contribution in [-0.4, -0.2) is 20.5 Å². The van der Waals surface area contributed by atoms with Crippen LogP contribution in [-0.2, 0) is 13.0 Å². The summed E-state index contributed by atoms with van der Waals surface area (Å²) in [6.07, 6.45) is 0.401. The summed E-state index contributed by atoms with van der Waals surface area (Å²) in [5.41, 5.74) is 4.46. The Kier molecular flexibility index (Phi) is 3.38. The molecule has 0 bridgehead atoms. The Labute approximate surface area is 104 Å². The average molecular weight is 249 g/mol. The molecule has 4 nitrogen and oxygen atoms in total. The Morgan fingerprint density at radius 1 is 1.47 bits per heavy atom. The molecule has 0 saturated heterocycles. The number of rotatable bonds is 4. The van der Waals surface area contributed by atoms with E-state index >= 15 is 0 Å². The van der Waals surface area contributed by atoms with Gasteiger partial charge in [-0.25, -0.2) is 4.98 Å². The van der Waals surface area contributed by atoms with Crippen LogP contribution in [0.15, 0.2) is 11.6 Å². The summed E-state index contributed by atoms with van der Waals surface area (Å²) in [5.74, 6) is 0.125. The quantitative estimate of drug-likeness (QED) is 0.782. The molecule has 0 unspecified atom stereocenters. The lowest BCUT2D eigenvalue weighted by Gasteiger charge is -2.03. The van der Waals surface area contributed by atoms with Gasteiger partial charge in [-0.05, 0) is 26.8 Å². The summed E-state index contributed by atoms with van der Waals surface area (Å²) in [5, 5.41) is 4.34. The van der Waals surface area contributed by atoms with Gasteiger partial charge in [-0.1, -0.05) is 0 Å². The second-order valence-electron chi connectivity index (χ2n) is 3.96. The lowest BCUT2D eigenvalue weighted by Crippen LogP contribution is -2.09. The van der Waals surface area contributed by atoms with Crippen molar-refractivity contribution >= 4 is 17.1 Å². The third-order valence-electron chi connectivity index (χ3n) is 2.63. The van der Waals surface area contributed by atoms with Crippen molar-refractivity contribution in [2.45, 2.75) is 33.7 Å². The molecule has 0 aliphatic rings. The minimum Gasteiger partial charge on any atom is -0.293 e. The maximum atomic E-state index is 12.1. The number of hydrogen-bond acceptors (Lipinski definition) is 4. The summed E-state index contributed by atoms with van der Waals surface area (Å²) >= 11 is 1.41. The molecule has 17 heavy (non-hydrogen) atoms. The molecule has 2 heterocycles. The lowest BCUT2D eigenvalue weighted by atomic mass is 10.1. The third-order valence-corrected chi connectivity index (χ3v) is 3.60. The SMILES string of the molecule is CCn1nc(C)cc1CC(=O)c1scnc1C. The Bertz CT molecular complexity index is 542. The molecule has 2 aromatic heterocycles. The molecule has 0 aliphatic heterocycles. The lowest BCUT2D eigenvalue weighted by molar-refractivity contribution is 0.0993. The van der Waals surface area contributed by atoms with Crippen molar-refractivity contribution < 1.29 is 4.79 Å². The number of Topliss-reactive ketones (excluding diaryl/α,β-unsaturated/α-hetero) is 1. The zero-order valence-electron chi connectivity index (χ0n) is 10.2. The Morgan fingerprint density at radius 2 is 2.24 bits per heavy atom. The molecule has 2 aromatic rings. The molecule has 0 aromatic carbocycles. The maximum absolute atomic E-state index is 12.1. The van der Waals surface area contributed by atoms with Gasteiger partial charge in [0.1, 0.15) is 0 Å². The monoisotopic (exact) mass is 249 g/mol. The van der Waals surface area contributed by atoms with Crippen LogP contribution < -0.4 is 0 Å². The van der Waals surface area contributed by atoms with Crippen molar-refractivity contribution in [2.75, 3.05) is 0 Å². The van der Waals surface area contributed by atoms with Gasteiger partial charge in [-0.2, -0.15) is 5.10 Å². The van der Waals surface area contributed by atoms with Crippen LogP contribution >= 0.6 is 11.3 Å². The van der Waals surface area contributed by atoms with Gasteiger partial charge >= 0.3 is 0 Å². The van der Waals surface area contributed by atoms with Crippen molar-refractivity contribution in [3.8, 4) is 0 Å². The second kappa shape index (κ2) is 4.79. The number of aromatic nitrogens is 3. The van der Waals surface area contributed by atoms with Crippen LogP contribution in [0.4, 0.5) is 0 Å². The standard InChI is InChI=1S/C12H15N3OS/c1-4-15-10(5-8(2)14-15)6-11(16)12-9(3)13-7-17-12/h5,7H,4,6H2,1-3H3. The van der Waals surface area contributed by atoms with Crippen LogP contribution in [0.25, 0.3) is 0 Å². The van der Waals surface area contributed by atoms with E-state index in [1.807, 2.05) is 31.5 Å². The van der Waals surface area contributed by atoms with Gasteiger partial charge in [0, 0.05) is 12.2 Å². The summed E-state index contributed by atoms with van der Waals surface area (Å²) in [6.45, 7) is 6.63. The van der Waals surface area contributed by atoms with E-state index in [4.69, 9.17) is 0 Å². The van der Waals surface area contributed by atoms with Gasteiger partial charge in [-0.15, -0.1) is 11.3 Å². The zero-order chi connectivity index (χ0) is 12.4. The maximum Gasteiger partial charge on any atom is 0.180 e. The van der Waals surface area contributed by atoms with Crippen LogP contribution in [0, 0.1) is 13.8 Å². The molecule has 0 spiro atoms. The first kappa shape index (κ1) is 12.0. The molecular formula is C12H15N3OS. The molecule has 0 N–H and O–H groups in total. The van der Waals surface area contributed by atoms with E-state index in [1.165, 1.54) is 11.3 Å². The Morgan fingerprint density at radius 3 is 2.82 bits per heavy atom. The van der Waals surface area contributed by atoms with Crippen molar-refractivity contribution in [1.82, 2.24) is 14.8 Å². The van der Waals surface area contributed by atoms with Crippen LogP contribution in [0.1, 0.15) is 33.7 Å². The van der Waals surface area contributed by atoms with E-state index in [1.54, 1.807) is 5.51 Å². The highest BCUT2D eigenvalue weighted by Gasteiger charge is 2.15. The van der Waals surface area contributed by atoms with Crippen LogP contribution in [0.2, 0.25) is 0 Å². The van der Waals surface area contributed by atoms with Gasteiger partial charge in [0.05, 0.1) is 28.2 Å². The second-order valence-corrected chi connectivity index (χ2v) is 4.81. The number of nitrogens with zero attached hydrogens (tertiary/aromatic N) is 3. The highest BCUT2D eigenvalue weighted by atomic mass is 32.1. The van der Waals surface area contributed by atoms with E-state index in [9.17, 15) is 4.79 Å². The van der Waals surface area contributed by atoms with Crippen molar-refractivity contribution in [1.29, 1.82) is 0 Å². The molecule has 0 fully saturated rings. The fraction of sp³-hybridized carbons (Fsp3) is 0.417. The Hall–Kier alpha value is -1.49. The van der Waals surface area contributed by atoms with Crippen molar-refractivity contribution in [2.24, 2.45) is 0 Å². The number of carbonyl (C=O) groups is 1. The van der Waals surface area contributed by atoms with E-state index in [-0.39, 0.29) is 5.78 Å². The van der Waals surface area contributed by atoms with Crippen LogP contribution in [0.5, 0.6) is 0 Å². The minimum atomic E-state index is 0.125. The molecule has 0 amide bonds. The van der Waals surface area contributed by atoms with Gasteiger partial charge in [0.2, 0.25) is 0 Å². The van der Waals surface area contributed by atoms with E-state index in [0.717, 1.165) is 28.5 Å². The first-order valence-corrected chi connectivity index (χ1v) is 6.46. The highest BCUT2D eigenvalue weighted by molar-refractivity contribution is 7.11. The van der Waals surface area contributed by atoms with Crippen molar-refractivity contribution in [3.05, 3.63) is 33.5 Å². The Balaban J connectivity index is 2.21. The van der Waals surface area contributed by atoms with Gasteiger partial charge in [-0.3, -0.25) is 9.48 Å². The van der Waals surface area contributed by atoms with E-state index in [2.05, 4.69) is 10.1 Å². The molecule has 90 valence electrons. The fourth-order valence-corrected chi connectivity index (χ4v) is 2.57. The normalized spacial score (nSPS) is 10.8. The molecule has 0 saturated carbocycles. The highest BCUT2D eigenvalue weighted by Crippen LogP contribution is 2.16. The number of hydrogen-bond donors (Lipinski definition) is 0. The summed E-state index contributed by atoms with van der Waals surface area (Å²) in [4.78, 5) is 17.0. The molecule has 0 atom stereocenters. The topological polar surface area (TPSA) is 47.8 Å². The number of aryl methyl sites for hydroxylation is 3. The minimum absolute atomic E-state index is 0.125. The summed E-state index contributed by atoms with van der Waals surface area (Å²) in [6, 6.07) is 1.97. The predicted octanol–water partition coefficient (Wildman–Crippen LogP) is 2.40. The van der Waals surface area contributed by atoms with Gasteiger partial charge < -0.3 is 0 Å². The summed E-state index contributed by atoms with van der Waals surface area (Å²) in [7, 11) is 0. The largest absolute Gasteiger partial charge is 0.293 e. The molecule has 0 radical (unpaired) electrons. The predicted molar refractivity (Wildman–Crippen MR) is 67.5 cm³/mol. The third kappa shape index (κ3) is 2.44. The van der Waals surface area contributed by atoms with Crippen molar-refractivity contribution in [3.63, 3.8) is 0 Å². The molecule has 2 rings (SSSR count).